The molecule has 4 aromatic rings. The van der Waals surface area contributed by atoms with Crippen molar-refractivity contribution in [1.82, 2.24) is 47.9 Å². The van der Waals surface area contributed by atoms with E-state index in [0.717, 1.165) is 6.07 Å². The molecular formula is C85H123N13O33. The van der Waals surface area contributed by atoms with Gasteiger partial charge in [0.2, 0.25) is 5.91 Å². The molecule has 0 aliphatic carbocycles. The minimum Gasteiger partial charge on any atom is -0.492 e. The number of carbonyl (C=O) groups excluding carboxylic acids is 14. The number of azide groups is 1. The maximum absolute atomic E-state index is 12.6. The minimum atomic E-state index is -1.26. The van der Waals surface area contributed by atoms with Crippen LogP contribution in [0.3, 0.4) is 0 Å². The second-order valence-corrected chi connectivity index (χ2v) is 28.7. The van der Waals surface area contributed by atoms with Crippen molar-refractivity contribution in [2.24, 2.45) is 10.8 Å². The number of hydrogen-bond acceptors (Lipinski definition) is 32. The molecule has 46 heteroatoms. The van der Waals surface area contributed by atoms with E-state index in [9.17, 15) is 81.5 Å². The number of alkyl carbamates (subject to hydrolysis) is 2. The fraction of sp³-hybridized carbons (Fsp3) is 0.518. The van der Waals surface area contributed by atoms with Crippen LogP contribution in [0.4, 0.5) is 9.59 Å². The SMILES string of the molecule is C.CC(=O)CCNC(=O)c1cc(OCCNC(=O)CCOCCOCCOCCOCCN=[N+]=[N-])cc(C(=O)NCCC(C)=O)c1.CC(C)(C)OC(=O)NCCOc1cc(C(=O)O)cc(C(=O)O)c1.COC(=O)CCNC(=O)c1cc(OCCN)cc(C(=O)NCCC(=O)O)c1.COC(=O)CCNC(=O)c1cc(OCCNC(=O)OC(C)(C)C)cc(C(=O)NCCC(=O)OC)c1. The van der Waals surface area contributed by atoms with E-state index in [0.29, 0.717) is 46.2 Å². The lowest BCUT2D eigenvalue weighted by Gasteiger charge is -2.19. The van der Waals surface area contributed by atoms with Crippen LogP contribution in [0.5, 0.6) is 23.0 Å². The van der Waals surface area contributed by atoms with Crippen LogP contribution in [0.15, 0.2) is 77.9 Å². The summed E-state index contributed by atoms with van der Waals surface area (Å²) in [6.45, 7) is 17.8. The van der Waals surface area contributed by atoms with Crippen molar-refractivity contribution in [3.05, 3.63) is 128 Å². The summed E-state index contributed by atoms with van der Waals surface area (Å²) in [4.78, 5) is 201. The lowest BCUT2D eigenvalue weighted by molar-refractivity contribution is -0.141. The summed E-state index contributed by atoms with van der Waals surface area (Å²) >= 11 is 0. The van der Waals surface area contributed by atoms with Gasteiger partial charge in [0.1, 0.15) is 72.2 Å². The fourth-order valence-corrected chi connectivity index (χ4v) is 9.48. The zero-order valence-electron chi connectivity index (χ0n) is 74.6. The fourth-order valence-electron chi connectivity index (χ4n) is 9.48. The van der Waals surface area contributed by atoms with Crippen LogP contribution in [-0.2, 0) is 76.2 Å². The van der Waals surface area contributed by atoms with E-state index in [1.807, 2.05) is 0 Å². The molecule has 0 aliphatic rings. The quantitative estimate of drug-likeness (QED) is 0.00712. The van der Waals surface area contributed by atoms with Crippen LogP contribution in [0.1, 0.15) is 191 Å². The Morgan fingerprint density at radius 1 is 0.344 bits per heavy atom. The molecule has 46 nitrogen and oxygen atoms in total. The monoisotopic (exact) mass is 1850 g/mol. The molecular weight excluding hydrogens is 1730 g/mol. The largest absolute Gasteiger partial charge is 0.492 e. The van der Waals surface area contributed by atoms with Crippen LogP contribution in [0.25, 0.3) is 10.4 Å². The molecule has 0 fully saturated rings. The molecule has 9 amide bonds. The Bertz CT molecular complexity index is 4280. The van der Waals surface area contributed by atoms with Gasteiger partial charge >= 0.3 is 48.0 Å². The average molecular weight is 1850 g/mol. The normalized spacial score (nSPS) is 10.4. The van der Waals surface area contributed by atoms with E-state index in [4.69, 9.17) is 74.0 Å². The summed E-state index contributed by atoms with van der Waals surface area (Å²) in [5, 5.41) is 53.0. The topological polar surface area (TPSA) is 654 Å². The van der Waals surface area contributed by atoms with Gasteiger partial charge in [0.15, 0.2) is 0 Å². The highest BCUT2D eigenvalue weighted by atomic mass is 16.6. The molecule has 4 aromatic carbocycles. The van der Waals surface area contributed by atoms with Crippen LogP contribution in [-0.4, -0.2) is 300 Å². The van der Waals surface area contributed by atoms with Gasteiger partial charge in [0.25, 0.3) is 35.4 Å². The predicted molar refractivity (Wildman–Crippen MR) is 468 cm³/mol. The molecule has 14 N–H and O–H groups in total. The second kappa shape index (κ2) is 67.4. The number of nitrogens with two attached hydrogens (primary N) is 1. The number of Topliss-reactive ketones (excluding diaryl/α,β-unsaturated/α-hetero) is 2. The van der Waals surface area contributed by atoms with Crippen molar-refractivity contribution in [1.29, 1.82) is 0 Å². The summed E-state index contributed by atoms with van der Waals surface area (Å²) in [6.07, 6.45) is -0.972. The molecule has 0 aromatic heterocycles. The minimum absolute atomic E-state index is 0. The van der Waals surface area contributed by atoms with E-state index in [-0.39, 0.29) is 242 Å². The van der Waals surface area contributed by atoms with Gasteiger partial charge in [-0.2, -0.15) is 0 Å². The van der Waals surface area contributed by atoms with Gasteiger partial charge < -0.3 is 130 Å². The number of aliphatic carboxylic acids is 1. The zero-order chi connectivity index (χ0) is 97.4. The molecule has 726 valence electrons. The Kier molecular flexibility index (Phi) is 60.3. The van der Waals surface area contributed by atoms with E-state index in [1.54, 1.807) is 41.5 Å². The van der Waals surface area contributed by atoms with Crippen LogP contribution in [0.2, 0.25) is 0 Å². The Labute approximate surface area is 757 Å². The maximum Gasteiger partial charge on any atom is 0.407 e. The summed E-state index contributed by atoms with van der Waals surface area (Å²) in [5.74, 6) is -7.63. The Morgan fingerprint density at radius 3 is 0.885 bits per heavy atom. The Balaban J connectivity index is 0.00000177. The maximum atomic E-state index is 12.6. The summed E-state index contributed by atoms with van der Waals surface area (Å²) in [6, 6.07) is 16.2. The standard InChI is InChI=1S/C29H44N6O10.C23H33N3O9.C17H23N3O7.C15H19NO7.CH4/c1-22(36)3-6-32-28(39)24-19-25(29(40)33-7-4-23(2)37)21-26(20-24)45-12-8-31-27(38)5-10-41-13-15-43-17-18-44-16-14-42-11-9-34-35-30;1-23(2,3)35-22(31)26-10-11-34-17-13-15(20(29)24-8-6-18(27)32-4)12-16(14-17)21(30)25-9-7-19(28)33-5;1-26-15(23)3-6-20-17(25)12-8-11(9-13(10-12)27-7-4-18)16(24)19-5-2-14(21)22;1-15(2,3)23-14(21)16-4-5-22-11-7-9(12(17)18)6-10(8-11)13(19)20;/h19-21H,3-18H2,1-2H3,(H,31,38)(H,32,39)(H,33,40);12-14H,6-11H2,1-5H3,(H,24,29)(H,25,30)(H,26,31);8-10H,2-7,18H2,1H3,(H,19,24)(H,20,25)(H,21,22);6-8H,4-5H2,1-3H3,(H,16,21)(H,17,18)(H,19,20);1H4. The number of hydrogen-bond donors (Lipinski definition) is 13. The summed E-state index contributed by atoms with van der Waals surface area (Å²) in [7, 11) is 3.74. The third-order valence-corrected chi connectivity index (χ3v) is 15.5. The summed E-state index contributed by atoms with van der Waals surface area (Å²) in [5.41, 5.74) is 12.7. The average Bonchev–Trinajstić information content (AvgIpc) is 0.855. The number of aromatic carboxylic acids is 2. The van der Waals surface area contributed by atoms with Gasteiger partial charge in [0.05, 0.1) is 131 Å². The molecule has 131 heavy (non-hydrogen) atoms. The molecule has 0 unspecified atom stereocenters. The zero-order valence-corrected chi connectivity index (χ0v) is 74.6. The number of ether oxygens (including phenoxy) is 13. The van der Waals surface area contributed by atoms with Gasteiger partial charge in [-0.15, -0.1) is 0 Å². The van der Waals surface area contributed by atoms with Gasteiger partial charge in [-0.05, 0) is 134 Å². The molecule has 0 atom stereocenters. The first-order valence-electron chi connectivity index (χ1n) is 40.5. The van der Waals surface area contributed by atoms with Crippen LogP contribution in [0, 0.1) is 0 Å². The molecule has 0 radical (unpaired) electrons. The number of nitrogens with one attached hydrogen (secondary N) is 9. The number of ketones is 2. The lowest BCUT2D eigenvalue weighted by atomic mass is 10.1. The number of benzene rings is 4. The van der Waals surface area contributed by atoms with Crippen LogP contribution < -0.4 is 72.5 Å². The number of nitrogens with zero attached hydrogens (tertiary/aromatic N) is 3. The highest BCUT2D eigenvalue weighted by Gasteiger charge is 2.22. The van der Waals surface area contributed by atoms with Crippen LogP contribution >= 0.6 is 0 Å². The van der Waals surface area contributed by atoms with Crippen molar-refractivity contribution in [3.63, 3.8) is 0 Å². The number of methoxy groups -OCH3 is 3. The number of esters is 3. The molecule has 0 saturated heterocycles. The molecule has 0 saturated carbocycles. The smallest absolute Gasteiger partial charge is 0.407 e. The predicted octanol–water partition coefficient (Wildman–Crippen LogP) is 4.69. The Morgan fingerprint density at radius 2 is 0.611 bits per heavy atom. The van der Waals surface area contributed by atoms with E-state index in [1.165, 1.54) is 102 Å². The Hall–Kier alpha value is -13.8. The number of amides is 9. The number of rotatable bonds is 56. The van der Waals surface area contributed by atoms with Gasteiger partial charge in [0, 0.05) is 110 Å². The van der Waals surface area contributed by atoms with Crippen molar-refractivity contribution < 1.29 is 158 Å². The number of carboxylic acid groups (broad SMARTS) is 3. The number of carboxylic acids is 3. The lowest BCUT2D eigenvalue weighted by Crippen LogP contribution is -2.34. The van der Waals surface area contributed by atoms with E-state index in [2.05, 4.69) is 72.1 Å². The third-order valence-electron chi connectivity index (χ3n) is 15.5. The summed E-state index contributed by atoms with van der Waals surface area (Å²) < 4.78 is 67.0. The molecule has 0 bridgehead atoms. The third kappa shape index (κ3) is 59.0. The second-order valence-electron chi connectivity index (χ2n) is 28.7. The van der Waals surface area contributed by atoms with Crippen molar-refractivity contribution in [2.45, 2.75) is 119 Å². The van der Waals surface area contributed by atoms with E-state index < -0.39 is 94.6 Å². The highest BCUT2D eigenvalue weighted by molar-refractivity contribution is 6.03. The van der Waals surface area contributed by atoms with Gasteiger partial charge in [-0.25, -0.2) is 19.2 Å². The van der Waals surface area contributed by atoms with Crippen molar-refractivity contribution in [2.75, 3.05) is 173 Å². The van der Waals surface area contributed by atoms with Crippen molar-refractivity contribution in [3.8, 4) is 23.0 Å². The first-order valence-corrected chi connectivity index (χ1v) is 40.5. The number of carbonyl (C=O) groups is 17. The molecule has 4 rings (SSSR count). The van der Waals surface area contributed by atoms with Gasteiger partial charge in [-0.3, -0.25) is 62.3 Å². The van der Waals surface area contributed by atoms with Gasteiger partial charge in [-0.1, -0.05) is 12.5 Å². The molecule has 0 heterocycles. The molecule has 0 spiro atoms. The highest BCUT2D eigenvalue weighted by Crippen LogP contribution is 2.23. The van der Waals surface area contributed by atoms with Crippen molar-refractivity contribution >= 4 is 101 Å². The first-order chi connectivity index (χ1) is 61.6. The first kappa shape index (κ1) is 117. The van der Waals surface area contributed by atoms with E-state index >= 15 is 0 Å². The molecule has 0 aliphatic heterocycles.